The molecule has 0 saturated heterocycles. The lowest BCUT2D eigenvalue weighted by Gasteiger charge is -2.34. The highest BCUT2D eigenvalue weighted by Crippen LogP contribution is 2.34. The standard InChI is InChI=1S/C21H18BrFN2O3/c1-11-6-15-14(8-16(11)23)19-17(24-20(15)26)9-28-10-18(19)25(2)21(27)12-4-3-5-13(22)7-12/h3-8,18H,9-10H2,1-2H3,(H,24,26). The normalized spacial score (nSPS) is 16.1. The third-order valence-electron chi connectivity index (χ3n) is 5.14. The summed E-state index contributed by atoms with van der Waals surface area (Å²) in [6.45, 7) is 2.10. The van der Waals surface area contributed by atoms with Gasteiger partial charge in [0.1, 0.15) is 5.82 Å². The van der Waals surface area contributed by atoms with Crippen molar-refractivity contribution in [3.8, 4) is 0 Å². The Kier molecular flexibility index (Phi) is 4.81. The molecule has 3 aromatic rings. The Morgan fingerprint density at radius 1 is 1.29 bits per heavy atom. The molecule has 7 heteroatoms. The third-order valence-corrected chi connectivity index (χ3v) is 5.63. The fourth-order valence-electron chi connectivity index (χ4n) is 3.65. The molecular weight excluding hydrogens is 427 g/mol. The largest absolute Gasteiger partial charge is 0.373 e. The number of likely N-dealkylation sites (N-methyl/N-ethyl adjacent to an activating group) is 1. The number of nitrogens with zero attached hydrogens (tertiary/aromatic N) is 1. The summed E-state index contributed by atoms with van der Waals surface area (Å²) in [4.78, 5) is 29.9. The van der Waals surface area contributed by atoms with Crippen molar-refractivity contribution >= 4 is 32.6 Å². The molecule has 4 rings (SSSR count). The van der Waals surface area contributed by atoms with Crippen LogP contribution in [0.15, 0.2) is 45.7 Å². The molecule has 1 atom stereocenters. The van der Waals surface area contributed by atoms with Crippen LogP contribution in [0.5, 0.6) is 0 Å². The SMILES string of the molecule is Cc1cc2c(=O)[nH]c3c(c2cc1F)C(N(C)C(=O)c1cccc(Br)c1)COC3. The second-order valence-electron chi connectivity index (χ2n) is 6.95. The minimum absolute atomic E-state index is 0.185. The number of H-pyrrole nitrogens is 1. The molecular formula is C21H18BrFN2O3. The number of rotatable bonds is 2. The number of pyridine rings is 1. The number of hydrogen-bond donors (Lipinski definition) is 1. The van der Waals surface area contributed by atoms with Crippen LogP contribution in [0.2, 0.25) is 0 Å². The average Bonchev–Trinajstić information content (AvgIpc) is 2.68. The molecule has 1 unspecified atom stereocenters. The van der Waals surface area contributed by atoms with Crippen molar-refractivity contribution in [2.75, 3.05) is 13.7 Å². The predicted octanol–water partition coefficient (Wildman–Crippen LogP) is 4.08. The molecule has 1 aromatic heterocycles. The van der Waals surface area contributed by atoms with E-state index in [0.717, 1.165) is 10.0 Å². The van der Waals surface area contributed by atoms with Crippen LogP contribution in [0.4, 0.5) is 4.39 Å². The first-order chi connectivity index (χ1) is 13.4. The lowest BCUT2D eigenvalue weighted by molar-refractivity contribution is 0.0335. The van der Waals surface area contributed by atoms with Crippen molar-refractivity contribution in [1.29, 1.82) is 0 Å². The Labute approximate surface area is 169 Å². The fraction of sp³-hybridized carbons (Fsp3) is 0.238. The Bertz CT molecular complexity index is 1160. The summed E-state index contributed by atoms with van der Waals surface area (Å²) in [5.41, 5.74) is 1.94. The van der Waals surface area contributed by atoms with E-state index in [-0.39, 0.29) is 30.5 Å². The van der Waals surface area contributed by atoms with E-state index in [1.807, 2.05) is 6.07 Å². The quantitative estimate of drug-likeness (QED) is 0.647. The summed E-state index contributed by atoms with van der Waals surface area (Å²) < 4.78 is 20.8. The summed E-state index contributed by atoms with van der Waals surface area (Å²) >= 11 is 3.38. The highest BCUT2D eigenvalue weighted by atomic mass is 79.9. The van der Waals surface area contributed by atoms with Gasteiger partial charge in [0.15, 0.2) is 0 Å². The highest BCUT2D eigenvalue weighted by molar-refractivity contribution is 9.10. The van der Waals surface area contributed by atoms with E-state index in [1.165, 1.54) is 6.07 Å². The van der Waals surface area contributed by atoms with E-state index in [2.05, 4.69) is 20.9 Å². The van der Waals surface area contributed by atoms with Crippen molar-refractivity contribution in [3.05, 3.63) is 79.4 Å². The lowest BCUT2D eigenvalue weighted by atomic mass is 9.94. The van der Waals surface area contributed by atoms with Crippen LogP contribution in [0, 0.1) is 12.7 Å². The van der Waals surface area contributed by atoms with E-state index in [4.69, 9.17) is 4.74 Å². The van der Waals surface area contributed by atoms with Gasteiger partial charge in [-0.15, -0.1) is 0 Å². The zero-order chi connectivity index (χ0) is 20.0. The first kappa shape index (κ1) is 18.8. The summed E-state index contributed by atoms with van der Waals surface area (Å²) in [6, 6.07) is 9.61. The van der Waals surface area contributed by atoms with Crippen LogP contribution in [0.25, 0.3) is 10.8 Å². The van der Waals surface area contributed by atoms with E-state index >= 15 is 0 Å². The molecule has 0 spiro atoms. The molecule has 0 fully saturated rings. The summed E-state index contributed by atoms with van der Waals surface area (Å²) in [5.74, 6) is -0.568. The van der Waals surface area contributed by atoms with Crippen molar-refractivity contribution in [2.45, 2.75) is 19.6 Å². The van der Waals surface area contributed by atoms with E-state index in [0.29, 0.717) is 27.6 Å². The summed E-state index contributed by atoms with van der Waals surface area (Å²) in [5, 5.41) is 0.928. The van der Waals surface area contributed by atoms with Crippen LogP contribution < -0.4 is 5.56 Å². The Morgan fingerprint density at radius 3 is 2.82 bits per heavy atom. The van der Waals surface area contributed by atoms with Gasteiger partial charge in [-0.1, -0.05) is 22.0 Å². The number of carbonyl (C=O) groups is 1. The molecule has 1 aliphatic heterocycles. The van der Waals surface area contributed by atoms with Crippen LogP contribution >= 0.6 is 15.9 Å². The smallest absolute Gasteiger partial charge is 0.256 e. The van der Waals surface area contributed by atoms with E-state index in [1.54, 1.807) is 43.1 Å². The molecule has 2 heterocycles. The molecule has 0 bridgehead atoms. The number of carbonyl (C=O) groups excluding carboxylic acids is 1. The highest BCUT2D eigenvalue weighted by Gasteiger charge is 2.31. The molecule has 5 nitrogen and oxygen atoms in total. The second kappa shape index (κ2) is 7.14. The minimum atomic E-state index is -0.448. The maximum atomic E-state index is 14.3. The minimum Gasteiger partial charge on any atom is -0.373 e. The van der Waals surface area contributed by atoms with Crippen LogP contribution in [0.3, 0.4) is 0 Å². The van der Waals surface area contributed by atoms with Gasteiger partial charge in [0.2, 0.25) is 0 Å². The van der Waals surface area contributed by atoms with Gasteiger partial charge in [-0.3, -0.25) is 9.59 Å². The van der Waals surface area contributed by atoms with E-state index in [9.17, 15) is 14.0 Å². The number of halogens is 2. The Hall–Kier alpha value is -2.51. The van der Waals surface area contributed by atoms with Crippen LogP contribution in [0.1, 0.15) is 33.2 Å². The zero-order valence-corrected chi connectivity index (χ0v) is 17.0. The average molecular weight is 445 g/mol. The second-order valence-corrected chi connectivity index (χ2v) is 7.87. The molecule has 0 saturated carbocycles. The van der Waals surface area contributed by atoms with Gasteiger partial charge in [0.25, 0.3) is 11.5 Å². The topological polar surface area (TPSA) is 62.4 Å². The monoisotopic (exact) mass is 444 g/mol. The van der Waals surface area contributed by atoms with Crippen LogP contribution in [-0.4, -0.2) is 29.4 Å². The van der Waals surface area contributed by atoms with Crippen molar-refractivity contribution in [1.82, 2.24) is 9.88 Å². The van der Waals surface area contributed by atoms with Gasteiger partial charge in [0, 0.05) is 33.7 Å². The van der Waals surface area contributed by atoms with Gasteiger partial charge in [-0.05, 0) is 48.2 Å². The lowest BCUT2D eigenvalue weighted by Crippen LogP contribution is -2.37. The Balaban J connectivity index is 1.86. The van der Waals surface area contributed by atoms with Gasteiger partial charge >= 0.3 is 0 Å². The van der Waals surface area contributed by atoms with Gasteiger partial charge in [0.05, 0.1) is 19.3 Å². The molecule has 1 aliphatic rings. The predicted molar refractivity (Wildman–Crippen MR) is 108 cm³/mol. The third kappa shape index (κ3) is 3.14. The molecule has 2 aromatic carbocycles. The number of aromatic amines is 1. The van der Waals surface area contributed by atoms with Gasteiger partial charge in [-0.25, -0.2) is 4.39 Å². The molecule has 144 valence electrons. The molecule has 0 aliphatic carbocycles. The number of fused-ring (bicyclic) bond motifs is 3. The molecule has 1 amide bonds. The van der Waals surface area contributed by atoms with Crippen LogP contribution in [-0.2, 0) is 11.3 Å². The van der Waals surface area contributed by atoms with Crippen molar-refractivity contribution < 1.29 is 13.9 Å². The summed E-state index contributed by atoms with van der Waals surface area (Å²) in [7, 11) is 1.69. The first-order valence-electron chi connectivity index (χ1n) is 8.82. The molecule has 28 heavy (non-hydrogen) atoms. The first-order valence-corrected chi connectivity index (χ1v) is 9.61. The number of aryl methyl sites for hydroxylation is 1. The number of nitrogens with one attached hydrogen (secondary N) is 1. The maximum absolute atomic E-state index is 14.3. The molecule has 1 N–H and O–H groups in total. The van der Waals surface area contributed by atoms with Crippen molar-refractivity contribution in [3.63, 3.8) is 0 Å². The fourth-order valence-corrected chi connectivity index (χ4v) is 4.05. The number of ether oxygens (including phenoxy) is 1. The van der Waals surface area contributed by atoms with Crippen molar-refractivity contribution in [2.24, 2.45) is 0 Å². The Morgan fingerprint density at radius 2 is 2.07 bits per heavy atom. The number of benzene rings is 2. The molecule has 0 radical (unpaired) electrons. The van der Waals surface area contributed by atoms with E-state index < -0.39 is 6.04 Å². The zero-order valence-electron chi connectivity index (χ0n) is 15.4. The number of aromatic nitrogens is 1. The van der Waals surface area contributed by atoms with Gasteiger partial charge < -0.3 is 14.6 Å². The number of hydrogen-bond acceptors (Lipinski definition) is 3. The summed E-state index contributed by atoms with van der Waals surface area (Å²) in [6.07, 6.45) is 0. The number of amides is 1. The van der Waals surface area contributed by atoms with Gasteiger partial charge in [-0.2, -0.15) is 0 Å². The maximum Gasteiger partial charge on any atom is 0.256 e.